The Bertz CT molecular complexity index is 22.0. The van der Waals surface area contributed by atoms with Crippen molar-refractivity contribution in [3.8, 4) is 0 Å². The zero-order valence-electron chi connectivity index (χ0n) is 4.09. The summed E-state index contributed by atoms with van der Waals surface area (Å²) < 4.78 is 0. The number of rotatable bonds is 0. The van der Waals surface area contributed by atoms with E-state index in [-0.39, 0.29) is 146 Å². The van der Waals surface area contributed by atoms with Crippen LogP contribution in [0.5, 0.6) is 0 Å². The van der Waals surface area contributed by atoms with Crippen LogP contribution in [-0.2, 0) is 69.1 Å². The predicted octanol–water partition coefficient (Wildman–Crippen LogP) is -2.80. The topological polar surface area (TPSA) is 0 Å². The van der Waals surface area contributed by atoms with Crippen molar-refractivity contribution in [3.05, 3.63) is 0 Å². The molecule has 0 atom stereocenters. The van der Waals surface area contributed by atoms with Crippen LogP contribution in [0.2, 0.25) is 0 Å². The normalized spacial score (nSPS) is 0. The third-order valence-corrected chi connectivity index (χ3v) is 0. The zero-order chi connectivity index (χ0) is 0. The van der Waals surface area contributed by atoms with Crippen LogP contribution in [0.15, 0.2) is 0 Å². The summed E-state index contributed by atoms with van der Waals surface area (Å²) in [5.74, 6) is 0. The maximum atomic E-state index is 0. The Morgan fingerprint density at radius 2 is 1.17 bits per heavy atom. The summed E-state index contributed by atoms with van der Waals surface area (Å²) in [7, 11) is 0. The molecule has 0 aromatic heterocycles. The van der Waals surface area contributed by atoms with Crippen molar-refractivity contribution in [3.63, 3.8) is 0 Å². The van der Waals surface area contributed by atoms with E-state index in [9.17, 15) is 0 Å². The van der Waals surface area contributed by atoms with Gasteiger partial charge in [0.25, 0.3) is 0 Å². The third-order valence-electron chi connectivity index (χ3n) is 0. The van der Waals surface area contributed by atoms with E-state index in [1.807, 2.05) is 0 Å². The van der Waals surface area contributed by atoms with Crippen LogP contribution in [-0.4, -0.2) is 73.8 Å². The molecule has 0 nitrogen and oxygen atoms in total. The fourth-order valence-electron chi connectivity index (χ4n) is 0. The van der Waals surface area contributed by atoms with Gasteiger partial charge >= 0.3 is 45.5 Å². The van der Waals surface area contributed by atoms with Crippen molar-refractivity contribution in [1.82, 2.24) is 0 Å². The van der Waals surface area contributed by atoms with Crippen LogP contribution in [0.1, 0.15) is 2.85 Å². The van der Waals surface area contributed by atoms with Gasteiger partial charge in [-0.05, 0) is 11.0 Å². The van der Waals surface area contributed by atoms with Gasteiger partial charge in [0.1, 0.15) is 0 Å². The molecule has 36 valence electrons. The average Bonchev–Trinajstić information content (AvgIpc) is 0. The van der Waals surface area contributed by atoms with Gasteiger partial charge in [-0.2, -0.15) is 0 Å². The number of hydrogen-bond acceptors (Lipinski definition) is 0. The quantitative estimate of drug-likeness (QED) is 0.414. The summed E-state index contributed by atoms with van der Waals surface area (Å²) in [5.41, 5.74) is 0. The monoisotopic (exact) mass is 350 g/mol. The second-order valence-corrected chi connectivity index (χ2v) is 0. The van der Waals surface area contributed by atoms with Gasteiger partial charge in [0.15, 0.2) is 17.4 Å². The van der Waals surface area contributed by atoms with Gasteiger partial charge in [-0.3, -0.25) is 0 Å². The molecule has 0 unspecified atom stereocenters. The summed E-state index contributed by atoms with van der Waals surface area (Å²) in [5, 5.41) is 0. The minimum absolute atomic E-state index is 0. The van der Waals surface area contributed by atoms with Crippen molar-refractivity contribution < 1.29 is 72.0 Å². The zero-order valence-corrected chi connectivity index (χ0v) is 10.8. The first kappa shape index (κ1) is 46.8. The fraction of sp³-hybridized carbons (Fsp3) is 0. The summed E-state index contributed by atoms with van der Waals surface area (Å²) in [6.07, 6.45) is 0. The molecule has 0 bridgehead atoms. The Morgan fingerprint density at radius 3 is 1.17 bits per heavy atom. The smallest absolute Gasteiger partial charge is 1.00 e. The van der Waals surface area contributed by atoms with Crippen LogP contribution in [0.4, 0.5) is 0 Å². The van der Waals surface area contributed by atoms with Crippen molar-refractivity contribution >= 4 is 73.8 Å². The van der Waals surface area contributed by atoms with Gasteiger partial charge in [-0.1, -0.05) is 0 Å². The van der Waals surface area contributed by atoms with E-state index in [1.54, 1.807) is 0 Å². The fourth-order valence-corrected chi connectivity index (χ4v) is 0. The molecule has 0 aromatic rings. The molecule has 0 heterocycles. The summed E-state index contributed by atoms with van der Waals surface area (Å²) >= 11 is 0. The molecule has 0 aliphatic rings. The van der Waals surface area contributed by atoms with E-state index in [4.69, 9.17) is 0 Å². The van der Waals surface area contributed by atoms with E-state index in [1.165, 1.54) is 0 Å². The molecule has 0 aromatic carbocycles. The Hall–Kier alpha value is 4.50. The SMILES string of the molecule is [AlH3].[Cu].[H-].[H-].[Sc].[SiH4].[Sr+2].[Zr]. The van der Waals surface area contributed by atoms with Crippen molar-refractivity contribution in [2.45, 2.75) is 0 Å². The van der Waals surface area contributed by atoms with E-state index in [2.05, 4.69) is 0 Å². The summed E-state index contributed by atoms with van der Waals surface area (Å²) in [6.45, 7) is 0. The first-order valence-electron chi connectivity index (χ1n) is 0. The Balaban J connectivity index is 0. The molecule has 2 radical (unpaired) electrons. The van der Waals surface area contributed by atoms with E-state index < -0.39 is 0 Å². The molecule has 0 aliphatic carbocycles. The van der Waals surface area contributed by atoms with Gasteiger partial charge in [0.05, 0.1) is 0 Å². The van der Waals surface area contributed by atoms with Crippen LogP contribution in [0, 0.1) is 0 Å². The van der Waals surface area contributed by atoms with Gasteiger partial charge < -0.3 is 2.85 Å². The average molecular weight is 351 g/mol. The molecule has 0 saturated carbocycles. The standard InChI is InChI=1S/Al.Cu.Sc.H4Si.Sr.Zr.5H/h;;;1H4;;;;;;;/q;;;;+2;;;;;2*-1. The van der Waals surface area contributed by atoms with E-state index >= 15 is 0 Å². The number of hydrogen-bond donors (Lipinski definition) is 0. The third kappa shape index (κ3) is 23.6. The van der Waals surface area contributed by atoms with Crippen molar-refractivity contribution in [2.75, 3.05) is 0 Å². The van der Waals surface area contributed by atoms with Crippen LogP contribution in [0.25, 0.3) is 0 Å². The molecule has 0 N–H and O–H groups in total. The van der Waals surface area contributed by atoms with Crippen LogP contribution in [0.3, 0.4) is 0 Å². The molecule has 0 rings (SSSR count). The van der Waals surface area contributed by atoms with Crippen molar-refractivity contribution in [1.29, 1.82) is 0 Å². The molecular weight excluding hydrogens is 342 g/mol. The summed E-state index contributed by atoms with van der Waals surface area (Å²) in [6, 6.07) is 0. The first-order chi connectivity index (χ1) is 0. The minimum Gasteiger partial charge on any atom is -1.00 e. The molecule has 6 heteroatoms. The summed E-state index contributed by atoms with van der Waals surface area (Å²) in [4.78, 5) is 0. The van der Waals surface area contributed by atoms with Crippen LogP contribution >= 0.6 is 0 Å². The maximum absolute atomic E-state index is 0. The van der Waals surface area contributed by atoms with Gasteiger partial charge in [-0.15, -0.1) is 0 Å². The molecule has 0 fully saturated rings. The Kier molecular flexibility index (Phi) is 264. The van der Waals surface area contributed by atoms with E-state index in [0.29, 0.717) is 0 Å². The Labute approximate surface area is 142 Å². The first-order valence-corrected chi connectivity index (χ1v) is 0. The molecule has 6 heavy (non-hydrogen) atoms. The van der Waals surface area contributed by atoms with Gasteiger partial charge in [-0.25, -0.2) is 0 Å². The second kappa shape index (κ2) is 33.9. The Morgan fingerprint density at radius 1 is 1.17 bits per heavy atom. The van der Waals surface area contributed by atoms with Crippen LogP contribution < -0.4 is 0 Å². The second-order valence-electron chi connectivity index (χ2n) is 0. The molecular formula is H9AlCuScSiSrZr. The van der Waals surface area contributed by atoms with Gasteiger partial charge in [0.2, 0.25) is 0 Å². The van der Waals surface area contributed by atoms with Crippen molar-refractivity contribution in [2.24, 2.45) is 0 Å². The molecule has 0 saturated heterocycles. The molecule has 0 aliphatic heterocycles. The minimum atomic E-state index is 0. The predicted molar refractivity (Wildman–Crippen MR) is 29.3 cm³/mol. The van der Waals surface area contributed by atoms with Gasteiger partial charge in [0, 0.05) is 69.1 Å². The largest absolute Gasteiger partial charge is 2.00 e. The van der Waals surface area contributed by atoms with E-state index in [0.717, 1.165) is 0 Å². The molecule has 0 amide bonds. The molecule has 0 spiro atoms. The maximum Gasteiger partial charge on any atom is 2.00 e.